The van der Waals surface area contributed by atoms with Crippen molar-refractivity contribution >= 4 is 5.91 Å². The van der Waals surface area contributed by atoms with Gasteiger partial charge in [-0.25, -0.2) is 4.68 Å². The summed E-state index contributed by atoms with van der Waals surface area (Å²) < 4.78 is 1.57. The number of benzene rings is 1. The van der Waals surface area contributed by atoms with Crippen molar-refractivity contribution in [3.8, 4) is 5.69 Å². The van der Waals surface area contributed by atoms with Crippen LogP contribution in [0, 0.1) is 0 Å². The van der Waals surface area contributed by atoms with Gasteiger partial charge in [-0.15, -0.1) is 5.10 Å². The van der Waals surface area contributed by atoms with Crippen molar-refractivity contribution in [1.82, 2.24) is 30.4 Å². The highest BCUT2D eigenvalue weighted by atomic mass is 16.2. The third-order valence-electron chi connectivity index (χ3n) is 4.76. The molecular formula is C18H26N6O. The maximum absolute atomic E-state index is 12.9. The Kier molecular flexibility index (Phi) is 4.36. The number of hydrogen-bond donors (Lipinski definition) is 1. The van der Waals surface area contributed by atoms with E-state index in [1.54, 1.807) is 4.68 Å². The number of amides is 1. The lowest BCUT2D eigenvalue weighted by Gasteiger charge is -2.49. The van der Waals surface area contributed by atoms with E-state index in [2.05, 4.69) is 48.5 Å². The van der Waals surface area contributed by atoms with Gasteiger partial charge in [-0.1, -0.05) is 0 Å². The Morgan fingerprint density at radius 2 is 1.76 bits per heavy atom. The third kappa shape index (κ3) is 3.87. The quantitative estimate of drug-likeness (QED) is 0.924. The van der Waals surface area contributed by atoms with E-state index in [1.165, 1.54) is 6.33 Å². The van der Waals surface area contributed by atoms with Gasteiger partial charge in [0.25, 0.3) is 5.91 Å². The molecule has 1 fully saturated rings. The van der Waals surface area contributed by atoms with Crippen molar-refractivity contribution < 1.29 is 4.79 Å². The fraction of sp³-hybridized carbons (Fsp3) is 0.556. The summed E-state index contributed by atoms with van der Waals surface area (Å²) in [6, 6.07) is 7.57. The molecule has 1 aromatic carbocycles. The zero-order valence-electron chi connectivity index (χ0n) is 15.5. The normalized spacial score (nSPS) is 19.6. The molecule has 1 aliphatic heterocycles. The van der Waals surface area contributed by atoms with Gasteiger partial charge in [0, 0.05) is 29.7 Å². The van der Waals surface area contributed by atoms with Crippen LogP contribution in [0.3, 0.4) is 0 Å². The van der Waals surface area contributed by atoms with Gasteiger partial charge >= 0.3 is 0 Å². The number of carbonyl (C=O) groups is 1. The molecule has 2 aromatic rings. The molecule has 7 heteroatoms. The minimum absolute atomic E-state index is 0.00487. The SMILES string of the molecule is CN(C(=O)c1ccc(-n2cnnn2)cc1)C1CC(C)(C)NC(C)(C)C1. The first-order chi connectivity index (χ1) is 11.7. The van der Waals surface area contributed by atoms with E-state index >= 15 is 0 Å². The van der Waals surface area contributed by atoms with E-state index in [0.717, 1.165) is 18.5 Å². The maximum atomic E-state index is 12.9. The molecule has 1 N–H and O–H groups in total. The Hall–Kier alpha value is -2.28. The molecule has 1 aromatic heterocycles. The van der Waals surface area contributed by atoms with Crippen molar-refractivity contribution in [3.63, 3.8) is 0 Å². The van der Waals surface area contributed by atoms with E-state index in [9.17, 15) is 4.79 Å². The van der Waals surface area contributed by atoms with Gasteiger partial charge in [0.15, 0.2) is 0 Å². The molecule has 0 saturated carbocycles. The second kappa shape index (κ2) is 6.22. The van der Waals surface area contributed by atoms with E-state index in [-0.39, 0.29) is 23.0 Å². The highest BCUT2D eigenvalue weighted by Crippen LogP contribution is 2.31. The van der Waals surface area contributed by atoms with Crippen LogP contribution in [0.2, 0.25) is 0 Å². The first-order valence-corrected chi connectivity index (χ1v) is 8.57. The number of tetrazole rings is 1. The van der Waals surface area contributed by atoms with Gasteiger partial charge in [0.2, 0.25) is 0 Å². The lowest BCUT2D eigenvalue weighted by molar-refractivity contribution is 0.0529. The van der Waals surface area contributed by atoms with Crippen LogP contribution in [0.4, 0.5) is 0 Å². The summed E-state index contributed by atoms with van der Waals surface area (Å²) in [5.41, 5.74) is 1.51. The molecule has 0 radical (unpaired) electrons. The molecule has 1 saturated heterocycles. The van der Waals surface area contributed by atoms with E-state index in [1.807, 2.05) is 36.2 Å². The summed E-state index contributed by atoms with van der Waals surface area (Å²) in [6.45, 7) is 8.78. The number of rotatable bonds is 3. The minimum Gasteiger partial charge on any atom is -0.339 e. The van der Waals surface area contributed by atoms with Crippen LogP contribution in [0.5, 0.6) is 0 Å². The molecular weight excluding hydrogens is 316 g/mol. The van der Waals surface area contributed by atoms with Crippen molar-refractivity contribution in [1.29, 1.82) is 0 Å². The summed E-state index contributed by atoms with van der Waals surface area (Å²) in [4.78, 5) is 14.8. The number of nitrogens with zero attached hydrogens (tertiary/aromatic N) is 5. The first kappa shape index (κ1) is 17.5. The Bertz CT molecular complexity index is 719. The molecule has 0 unspecified atom stereocenters. The van der Waals surface area contributed by atoms with Crippen LogP contribution >= 0.6 is 0 Å². The standard InChI is InChI=1S/C18H26N6O/c1-17(2)10-15(11-18(3,4)20-17)23(5)16(25)13-6-8-14(9-7-13)24-12-19-21-22-24/h6-9,12,15,20H,10-11H2,1-5H3. The first-order valence-electron chi connectivity index (χ1n) is 8.57. The number of piperidine rings is 1. The molecule has 0 bridgehead atoms. The lowest BCUT2D eigenvalue weighted by Crippen LogP contribution is -2.62. The van der Waals surface area contributed by atoms with Crippen LogP contribution in [0.15, 0.2) is 30.6 Å². The summed E-state index contributed by atoms with van der Waals surface area (Å²) in [7, 11) is 1.90. The van der Waals surface area contributed by atoms with Crippen molar-refractivity contribution in [3.05, 3.63) is 36.2 Å². The highest BCUT2D eigenvalue weighted by molar-refractivity contribution is 5.94. The van der Waals surface area contributed by atoms with Crippen LogP contribution in [0.1, 0.15) is 50.9 Å². The van der Waals surface area contributed by atoms with Crippen molar-refractivity contribution in [2.24, 2.45) is 0 Å². The van der Waals surface area contributed by atoms with Crippen LogP contribution < -0.4 is 5.32 Å². The van der Waals surface area contributed by atoms with E-state index in [0.29, 0.717) is 5.56 Å². The smallest absolute Gasteiger partial charge is 0.253 e. The third-order valence-corrected chi connectivity index (χ3v) is 4.76. The van der Waals surface area contributed by atoms with E-state index < -0.39 is 0 Å². The average molecular weight is 342 g/mol. The predicted molar refractivity (Wildman–Crippen MR) is 95.6 cm³/mol. The highest BCUT2D eigenvalue weighted by Gasteiger charge is 2.40. The average Bonchev–Trinajstić information content (AvgIpc) is 3.05. The Balaban J connectivity index is 1.76. The Labute approximate surface area is 148 Å². The fourth-order valence-corrected chi connectivity index (χ4v) is 3.95. The molecule has 134 valence electrons. The topological polar surface area (TPSA) is 75.9 Å². The van der Waals surface area contributed by atoms with Gasteiger partial charge in [0.05, 0.1) is 5.69 Å². The summed E-state index contributed by atoms with van der Waals surface area (Å²) in [5.74, 6) is 0.0433. The van der Waals surface area contributed by atoms with Crippen LogP contribution in [-0.4, -0.2) is 55.2 Å². The summed E-state index contributed by atoms with van der Waals surface area (Å²) >= 11 is 0. The Morgan fingerprint density at radius 1 is 1.16 bits per heavy atom. The van der Waals surface area contributed by atoms with Crippen LogP contribution in [-0.2, 0) is 0 Å². The largest absolute Gasteiger partial charge is 0.339 e. The second-order valence-electron chi connectivity index (χ2n) is 8.17. The number of hydrogen-bond acceptors (Lipinski definition) is 5. The fourth-order valence-electron chi connectivity index (χ4n) is 3.95. The Morgan fingerprint density at radius 3 is 2.28 bits per heavy atom. The monoisotopic (exact) mass is 342 g/mol. The molecule has 7 nitrogen and oxygen atoms in total. The molecule has 0 spiro atoms. The number of aromatic nitrogens is 4. The second-order valence-corrected chi connectivity index (χ2v) is 8.17. The molecule has 0 aliphatic carbocycles. The zero-order chi connectivity index (χ0) is 18.2. The summed E-state index contributed by atoms with van der Waals surface area (Å²) in [6.07, 6.45) is 3.39. The lowest BCUT2D eigenvalue weighted by atomic mass is 9.79. The molecule has 1 amide bonds. The molecule has 2 heterocycles. The van der Waals surface area contributed by atoms with Gasteiger partial charge in [-0.2, -0.15) is 0 Å². The maximum Gasteiger partial charge on any atom is 0.253 e. The molecule has 0 atom stereocenters. The summed E-state index contributed by atoms with van der Waals surface area (Å²) in [5, 5.41) is 14.8. The van der Waals surface area contributed by atoms with Crippen molar-refractivity contribution in [2.45, 2.75) is 57.7 Å². The van der Waals surface area contributed by atoms with E-state index in [4.69, 9.17) is 0 Å². The predicted octanol–water partition coefficient (Wildman–Crippen LogP) is 2.04. The van der Waals surface area contributed by atoms with Crippen molar-refractivity contribution in [2.75, 3.05) is 7.05 Å². The number of nitrogens with one attached hydrogen (secondary N) is 1. The van der Waals surface area contributed by atoms with Gasteiger partial charge < -0.3 is 10.2 Å². The van der Waals surface area contributed by atoms with Gasteiger partial charge in [-0.3, -0.25) is 4.79 Å². The number of carbonyl (C=O) groups excluding carboxylic acids is 1. The van der Waals surface area contributed by atoms with Gasteiger partial charge in [-0.05, 0) is 75.2 Å². The zero-order valence-corrected chi connectivity index (χ0v) is 15.5. The minimum atomic E-state index is 0.00487. The van der Waals surface area contributed by atoms with Gasteiger partial charge in [0.1, 0.15) is 6.33 Å². The van der Waals surface area contributed by atoms with Crippen LogP contribution in [0.25, 0.3) is 5.69 Å². The molecule has 25 heavy (non-hydrogen) atoms. The molecule has 3 rings (SSSR count). The molecule has 1 aliphatic rings.